The summed E-state index contributed by atoms with van der Waals surface area (Å²) in [5.41, 5.74) is 3.67. The van der Waals surface area contributed by atoms with Crippen molar-refractivity contribution in [1.82, 2.24) is 10.3 Å². The average Bonchev–Trinajstić information content (AvgIpc) is 2.80. The van der Waals surface area contributed by atoms with E-state index in [1.165, 1.54) is 10.9 Å². The minimum Gasteiger partial charge on any atom is -0.309 e. The molecule has 102 valence electrons. The molecular formula is C14H16ClFN2S. The molecule has 2 rings (SSSR count). The van der Waals surface area contributed by atoms with Gasteiger partial charge in [-0.05, 0) is 31.5 Å². The van der Waals surface area contributed by atoms with Crippen molar-refractivity contribution in [2.45, 2.75) is 26.3 Å². The molecule has 0 radical (unpaired) electrons. The summed E-state index contributed by atoms with van der Waals surface area (Å²) < 4.78 is 13.5. The van der Waals surface area contributed by atoms with Crippen LogP contribution in [0.15, 0.2) is 23.7 Å². The van der Waals surface area contributed by atoms with Gasteiger partial charge < -0.3 is 5.32 Å². The highest BCUT2D eigenvalue weighted by Crippen LogP contribution is 2.28. The number of halogens is 2. The molecule has 0 spiro atoms. The van der Waals surface area contributed by atoms with E-state index in [9.17, 15) is 4.39 Å². The quantitative estimate of drug-likeness (QED) is 0.897. The zero-order valence-electron chi connectivity index (χ0n) is 10.9. The van der Waals surface area contributed by atoms with Crippen LogP contribution in [-0.4, -0.2) is 11.5 Å². The third-order valence-corrected chi connectivity index (χ3v) is 4.47. The zero-order chi connectivity index (χ0) is 13.8. The van der Waals surface area contributed by atoms with Crippen molar-refractivity contribution in [2.75, 3.05) is 6.54 Å². The number of nitrogens with zero attached hydrogens (tertiary/aromatic N) is 1. The maximum absolute atomic E-state index is 13.5. The Balaban J connectivity index is 2.27. The van der Waals surface area contributed by atoms with E-state index in [0.29, 0.717) is 6.42 Å². The minimum absolute atomic E-state index is 0.122. The Morgan fingerprint density at radius 1 is 1.47 bits per heavy atom. The number of rotatable bonds is 5. The van der Waals surface area contributed by atoms with Gasteiger partial charge in [0, 0.05) is 10.9 Å². The van der Waals surface area contributed by atoms with Crippen LogP contribution in [0.25, 0.3) is 0 Å². The van der Waals surface area contributed by atoms with E-state index < -0.39 is 0 Å². The number of likely N-dealkylation sites (N-methyl/N-ethyl adjacent to an activating group) is 1. The molecule has 0 amide bonds. The molecule has 1 aromatic heterocycles. The molecule has 0 bridgehead atoms. The Bertz CT molecular complexity index is 556. The van der Waals surface area contributed by atoms with E-state index >= 15 is 0 Å². The Labute approximate surface area is 121 Å². The van der Waals surface area contributed by atoms with Gasteiger partial charge in [-0.15, -0.1) is 11.3 Å². The number of aryl methyl sites for hydroxylation is 1. The second kappa shape index (κ2) is 6.46. The second-order valence-corrected chi connectivity index (χ2v) is 5.59. The first kappa shape index (κ1) is 14.4. The van der Waals surface area contributed by atoms with Crippen molar-refractivity contribution in [1.29, 1.82) is 0 Å². The molecule has 1 unspecified atom stereocenters. The summed E-state index contributed by atoms with van der Waals surface area (Å²) in [5, 5.41) is 3.63. The normalized spacial score (nSPS) is 12.6. The number of benzene rings is 1. The van der Waals surface area contributed by atoms with Crippen LogP contribution in [-0.2, 0) is 6.42 Å². The Morgan fingerprint density at radius 3 is 2.89 bits per heavy atom. The first-order chi connectivity index (χ1) is 9.13. The van der Waals surface area contributed by atoms with Crippen LogP contribution in [0, 0.1) is 12.7 Å². The third-order valence-electron chi connectivity index (χ3n) is 3.01. The number of thiazole rings is 1. The predicted octanol–water partition coefficient (Wildman–Crippen LogP) is 4.14. The fourth-order valence-corrected chi connectivity index (χ4v) is 3.16. The molecule has 1 heterocycles. The first-order valence-corrected chi connectivity index (χ1v) is 7.45. The van der Waals surface area contributed by atoms with Gasteiger partial charge >= 0.3 is 0 Å². The SMILES string of the molecule is CCNC(Cc1cccc(F)c1Cl)c1scnc1C. The van der Waals surface area contributed by atoms with E-state index in [1.807, 2.05) is 18.5 Å². The van der Waals surface area contributed by atoms with Gasteiger partial charge in [-0.1, -0.05) is 30.7 Å². The molecule has 0 fully saturated rings. The Kier molecular flexibility index (Phi) is 4.91. The van der Waals surface area contributed by atoms with Crippen molar-refractivity contribution in [3.8, 4) is 0 Å². The number of nitrogens with one attached hydrogen (secondary N) is 1. The molecule has 2 aromatic rings. The lowest BCUT2D eigenvalue weighted by atomic mass is 10.0. The van der Waals surface area contributed by atoms with Gasteiger partial charge in [0.2, 0.25) is 0 Å². The molecule has 5 heteroatoms. The molecule has 19 heavy (non-hydrogen) atoms. The van der Waals surface area contributed by atoms with Crippen LogP contribution in [0.5, 0.6) is 0 Å². The minimum atomic E-state index is -0.365. The highest BCUT2D eigenvalue weighted by Gasteiger charge is 2.18. The highest BCUT2D eigenvalue weighted by atomic mass is 35.5. The average molecular weight is 299 g/mol. The van der Waals surface area contributed by atoms with Crippen LogP contribution >= 0.6 is 22.9 Å². The first-order valence-electron chi connectivity index (χ1n) is 6.19. The molecule has 2 nitrogen and oxygen atoms in total. The van der Waals surface area contributed by atoms with Gasteiger partial charge in [0.1, 0.15) is 5.82 Å². The lowest BCUT2D eigenvalue weighted by Crippen LogP contribution is -2.23. The molecule has 0 aliphatic heterocycles. The van der Waals surface area contributed by atoms with Gasteiger partial charge in [0.25, 0.3) is 0 Å². The standard InChI is InChI=1S/C14H16ClFN2S/c1-3-17-12(14-9(2)18-8-19-14)7-10-5-4-6-11(16)13(10)15/h4-6,8,12,17H,3,7H2,1-2H3. The van der Waals surface area contributed by atoms with E-state index in [4.69, 9.17) is 11.6 Å². The lowest BCUT2D eigenvalue weighted by Gasteiger charge is -2.18. The summed E-state index contributed by atoms with van der Waals surface area (Å²) in [6.45, 7) is 4.88. The van der Waals surface area contributed by atoms with Crippen LogP contribution < -0.4 is 5.32 Å². The van der Waals surface area contributed by atoms with Crippen LogP contribution in [0.4, 0.5) is 4.39 Å². The maximum Gasteiger partial charge on any atom is 0.142 e. The van der Waals surface area contributed by atoms with Crippen molar-refractivity contribution >= 4 is 22.9 Å². The molecular weight excluding hydrogens is 283 g/mol. The third kappa shape index (κ3) is 3.32. The van der Waals surface area contributed by atoms with Crippen molar-refractivity contribution in [2.24, 2.45) is 0 Å². The van der Waals surface area contributed by atoms with Gasteiger partial charge in [-0.3, -0.25) is 0 Å². The summed E-state index contributed by atoms with van der Waals surface area (Å²) >= 11 is 7.64. The smallest absolute Gasteiger partial charge is 0.142 e. The van der Waals surface area contributed by atoms with Crippen molar-refractivity contribution in [3.63, 3.8) is 0 Å². The molecule has 1 atom stereocenters. The topological polar surface area (TPSA) is 24.9 Å². The fraction of sp³-hybridized carbons (Fsp3) is 0.357. The van der Waals surface area contributed by atoms with Crippen molar-refractivity contribution in [3.05, 3.63) is 50.7 Å². The number of aromatic nitrogens is 1. The van der Waals surface area contributed by atoms with Crippen LogP contribution in [0.3, 0.4) is 0 Å². The molecule has 1 aromatic carbocycles. The summed E-state index contributed by atoms with van der Waals surface area (Å²) in [7, 11) is 0. The molecule has 0 saturated carbocycles. The van der Waals surface area contributed by atoms with E-state index in [-0.39, 0.29) is 16.9 Å². The Hall–Kier alpha value is -0.970. The fourth-order valence-electron chi connectivity index (χ4n) is 2.08. The predicted molar refractivity (Wildman–Crippen MR) is 78.4 cm³/mol. The van der Waals surface area contributed by atoms with E-state index in [2.05, 4.69) is 17.2 Å². The van der Waals surface area contributed by atoms with Gasteiger partial charge in [-0.25, -0.2) is 9.37 Å². The monoisotopic (exact) mass is 298 g/mol. The van der Waals surface area contributed by atoms with E-state index in [0.717, 1.165) is 17.8 Å². The highest BCUT2D eigenvalue weighted by molar-refractivity contribution is 7.09. The summed E-state index contributed by atoms with van der Waals surface area (Å²) in [4.78, 5) is 5.46. The van der Waals surface area contributed by atoms with Crippen molar-refractivity contribution < 1.29 is 4.39 Å². The van der Waals surface area contributed by atoms with Gasteiger partial charge in [0.15, 0.2) is 0 Å². The van der Waals surface area contributed by atoms with E-state index in [1.54, 1.807) is 17.4 Å². The summed E-state index contributed by atoms with van der Waals surface area (Å²) in [6.07, 6.45) is 0.660. The van der Waals surface area contributed by atoms with Gasteiger partial charge in [0.05, 0.1) is 16.2 Å². The zero-order valence-corrected chi connectivity index (χ0v) is 12.5. The molecule has 1 N–H and O–H groups in total. The van der Waals surface area contributed by atoms with Crippen LogP contribution in [0.1, 0.15) is 29.1 Å². The van der Waals surface area contributed by atoms with Gasteiger partial charge in [-0.2, -0.15) is 0 Å². The number of hydrogen-bond donors (Lipinski definition) is 1. The summed E-state index contributed by atoms with van der Waals surface area (Å²) in [6, 6.07) is 5.06. The maximum atomic E-state index is 13.5. The lowest BCUT2D eigenvalue weighted by molar-refractivity contribution is 0.551. The Morgan fingerprint density at radius 2 is 2.26 bits per heavy atom. The largest absolute Gasteiger partial charge is 0.309 e. The molecule has 0 aliphatic carbocycles. The van der Waals surface area contributed by atoms with Crippen LogP contribution in [0.2, 0.25) is 5.02 Å². The molecule has 0 saturated heterocycles. The second-order valence-electron chi connectivity index (χ2n) is 4.33. The molecule has 0 aliphatic rings. The summed E-state index contributed by atoms with van der Waals surface area (Å²) in [5.74, 6) is -0.365. The number of hydrogen-bond acceptors (Lipinski definition) is 3.